The molecule has 1 aliphatic heterocycles. The third-order valence-electron chi connectivity index (χ3n) is 6.18. The number of rotatable bonds is 7. The zero-order valence-electron chi connectivity index (χ0n) is 18.7. The fraction of sp³-hybridized carbons (Fsp3) is 0.259. The van der Waals surface area contributed by atoms with E-state index in [1.165, 1.54) is 12.1 Å². The first-order valence-corrected chi connectivity index (χ1v) is 11.5. The van der Waals surface area contributed by atoms with Crippen LogP contribution in [0.1, 0.15) is 33.5 Å². The first kappa shape index (κ1) is 22.4. The van der Waals surface area contributed by atoms with Crippen molar-refractivity contribution in [1.29, 1.82) is 0 Å². The number of piperazine rings is 1. The second-order valence-corrected chi connectivity index (χ2v) is 8.48. The zero-order valence-corrected chi connectivity index (χ0v) is 18.7. The highest BCUT2D eigenvalue weighted by Gasteiger charge is 2.32. The van der Waals surface area contributed by atoms with Crippen LogP contribution in [0.4, 0.5) is 8.78 Å². The van der Waals surface area contributed by atoms with Gasteiger partial charge < -0.3 is 15.0 Å². The van der Waals surface area contributed by atoms with E-state index in [4.69, 9.17) is 4.74 Å². The van der Waals surface area contributed by atoms with E-state index in [0.29, 0.717) is 45.8 Å². The number of carbonyl (C=O) groups excluding carboxylic acids is 1. The van der Waals surface area contributed by atoms with Gasteiger partial charge in [0.2, 0.25) is 0 Å². The highest BCUT2D eigenvalue weighted by molar-refractivity contribution is 6.41. The lowest BCUT2D eigenvalue weighted by Gasteiger charge is -2.26. The molecule has 1 aliphatic carbocycles. The van der Waals surface area contributed by atoms with Crippen molar-refractivity contribution in [2.45, 2.75) is 6.42 Å². The molecule has 0 atom stereocenters. The smallest absolute Gasteiger partial charge is 0.195 e. The average Bonchev–Trinajstić information content (AvgIpc) is 3.14. The standard InChI is InChI=1S/C27H25F2N3O2/c28-20-13-19(14-21(29)15-20)25-23-5-4-22(34-12-2-9-32-10-7-30-8-11-32)16-24(23)27(33)26(25)18-3-1-6-31-17-18/h1,3-6,13-17,30H,2,7-12H2. The van der Waals surface area contributed by atoms with Gasteiger partial charge in [-0.3, -0.25) is 9.78 Å². The average molecular weight is 462 g/mol. The summed E-state index contributed by atoms with van der Waals surface area (Å²) in [5.74, 6) is -1.00. The Balaban J connectivity index is 1.42. The van der Waals surface area contributed by atoms with E-state index in [1.807, 2.05) is 0 Å². The number of nitrogens with zero attached hydrogens (tertiary/aromatic N) is 2. The number of benzene rings is 2. The summed E-state index contributed by atoms with van der Waals surface area (Å²) < 4.78 is 34.1. The molecule has 0 amide bonds. The van der Waals surface area contributed by atoms with Gasteiger partial charge in [0.25, 0.3) is 0 Å². The van der Waals surface area contributed by atoms with E-state index in [2.05, 4.69) is 15.2 Å². The van der Waals surface area contributed by atoms with E-state index >= 15 is 0 Å². The van der Waals surface area contributed by atoms with Crippen LogP contribution < -0.4 is 10.1 Å². The highest BCUT2D eigenvalue weighted by Crippen LogP contribution is 2.43. The van der Waals surface area contributed by atoms with Crippen molar-refractivity contribution in [3.8, 4) is 5.75 Å². The molecule has 2 heterocycles. The van der Waals surface area contributed by atoms with Gasteiger partial charge in [-0.1, -0.05) is 6.07 Å². The number of aromatic nitrogens is 1. The lowest BCUT2D eigenvalue weighted by atomic mass is 9.95. The molecule has 1 aromatic heterocycles. The lowest BCUT2D eigenvalue weighted by Crippen LogP contribution is -2.43. The van der Waals surface area contributed by atoms with Crippen molar-refractivity contribution in [3.05, 3.63) is 94.8 Å². The minimum Gasteiger partial charge on any atom is -0.494 e. The monoisotopic (exact) mass is 461 g/mol. The van der Waals surface area contributed by atoms with Crippen LogP contribution in [0.5, 0.6) is 5.75 Å². The predicted molar refractivity (Wildman–Crippen MR) is 127 cm³/mol. The number of nitrogens with one attached hydrogen (secondary N) is 1. The van der Waals surface area contributed by atoms with Gasteiger partial charge in [0.1, 0.15) is 17.4 Å². The van der Waals surface area contributed by atoms with E-state index in [1.54, 1.807) is 42.7 Å². The van der Waals surface area contributed by atoms with Crippen molar-refractivity contribution < 1.29 is 18.3 Å². The summed E-state index contributed by atoms with van der Waals surface area (Å²) in [6.07, 6.45) is 4.09. The molecule has 1 saturated heterocycles. The van der Waals surface area contributed by atoms with Gasteiger partial charge in [-0.05, 0) is 53.9 Å². The third-order valence-corrected chi connectivity index (χ3v) is 6.18. The number of halogens is 2. The van der Waals surface area contributed by atoms with Crippen LogP contribution in [0.2, 0.25) is 0 Å². The maximum atomic E-state index is 14.1. The van der Waals surface area contributed by atoms with Gasteiger partial charge in [0.05, 0.1) is 6.61 Å². The molecule has 5 rings (SSSR count). The quantitative estimate of drug-likeness (QED) is 0.535. The fourth-order valence-electron chi connectivity index (χ4n) is 4.60. The second kappa shape index (κ2) is 9.83. The van der Waals surface area contributed by atoms with Crippen molar-refractivity contribution in [2.24, 2.45) is 0 Å². The lowest BCUT2D eigenvalue weighted by molar-refractivity contribution is 0.105. The van der Waals surface area contributed by atoms with Gasteiger partial charge in [0, 0.05) is 73.5 Å². The Bertz CT molecular complexity index is 1220. The summed E-state index contributed by atoms with van der Waals surface area (Å²) in [7, 11) is 0. The van der Waals surface area contributed by atoms with Crippen LogP contribution in [0.3, 0.4) is 0 Å². The Kier molecular flexibility index (Phi) is 6.47. The number of ether oxygens (including phenoxy) is 1. The number of allylic oxidation sites excluding steroid dienone is 1. The van der Waals surface area contributed by atoms with Crippen LogP contribution in [0, 0.1) is 11.6 Å². The summed E-state index contributed by atoms with van der Waals surface area (Å²) in [4.78, 5) is 20.0. The molecule has 2 aliphatic rings. The number of ketones is 1. The van der Waals surface area contributed by atoms with E-state index in [0.717, 1.165) is 45.2 Å². The van der Waals surface area contributed by atoms with Gasteiger partial charge in [-0.25, -0.2) is 8.78 Å². The van der Waals surface area contributed by atoms with E-state index in [9.17, 15) is 13.6 Å². The second-order valence-electron chi connectivity index (χ2n) is 8.48. The van der Waals surface area contributed by atoms with Crippen molar-refractivity contribution in [3.63, 3.8) is 0 Å². The van der Waals surface area contributed by atoms with Crippen LogP contribution in [-0.2, 0) is 0 Å². The SMILES string of the molecule is O=C1C(c2cccnc2)=C(c2cc(F)cc(F)c2)c2ccc(OCCCN3CCNCC3)cc21. The molecule has 5 nitrogen and oxygen atoms in total. The Hall–Kier alpha value is -3.42. The van der Waals surface area contributed by atoms with Gasteiger partial charge in [-0.15, -0.1) is 0 Å². The van der Waals surface area contributed by atoms with Gasteiger partial charge >= 0.3 is 0 Å². The maximum Gasteiger partial charge on any atom is 0.195 e. The topological polar surface area (TPSA) is 54.5 Å². The Morgan fingerprint density at radius 1 is 0.941 bits per heavy atom. The molecule has 1 fully saturated rings. The Labute approximate surface area is 197 Å². The molecule has 174 valence electrons. The zero-order chi connectivity index (χ0) is 23.5. The predicted octanol–water partition coefficient (Wildman–Crippen LogP) is 4.19. The Morgan fingerprint density at radius 2 is 1.74 bits per heavy atom. The molecule has 0 radical (unpaired) electrons. The molecule has 7 heteroatoms. The molecule has 34 heavy (non-hydrogen) atoms. The summed E-state index contributed by atoms with van der Waals surface area (Å²) >= 11 is 0. The summed E-state index contributed by atoms with van der Waals surface area (Å²) in [5, 5.41) is 3.34. The number of hydrogen-bond acceptors (Lipinski definition) is 5. The van der Waals surface area contributed by atoms with Crippen molar-refractivity contribution in [1.82, 2.24) is 15.2 Å². The number of Topliss-reactive ketones (excluding diaryl/α,β-unsaturated/α-hetero) is 1. The van der Waals surface area contributed by atoms with E-state index < -0.39 is 11.6 Å². The summed E-state index contributed by atoms with van der Waals surface area (Å²) in [6.45, 7) is 5.61. The molecule has 0 unspecified atom stereocenters. The molecular weight excluding hydrogens is 436 g/mol. The molecule has 0 spiro atoms. The largest absolute Gasteiger partial charge is 0.494 e. The molecule has 0 bridgehead atoms. The Morgan fingerprint density at radius 3 is 2.47 bits per heavy atom. The summed E-state index contributed by atoms with van der Waals surface area (Å²) in [6, 6.07) is 12.1. The minimum atomic E-state index is -0.696. The van der Waals surface area contributed by atoms with Crippen LogP contribution in [-0.4, -0.2) is 55.0 Å². The highest BCUT2D eigenvalue weighted by atomic mass is 19.1. The van der Waals surface area contributed by atoms with Gasteiger partial charge in [-0.2, -0.15) is 0 Å². The normalized spacial score (nSPS) is 16.1. The molecule has 3 aromatic rings. The van der Waals surface area contributed by atoms with Crippen LogP contribution in [0.15, 0.2) is 60.9 Å². The van der Waals surface area contributed by atoms with Crippen molar-refractivity contribution >= 4 is 16.9 Å². The number of pyridine rings is 1. The van der Waals surface area contributed by atoms with Crippen LogP contribution >= 0.6 is 0 Å². The first-order chi connectivity index (χ1) is 16.6. The minimum absolute atomic E-state index is 0.214. The number of carbonyl (C=O) groups is 1. The maximum absolute atomic E-state index is 14.1. The van der Waals surface area contributed by atoms with E-state index in [-0.39, 0.29) is 5.78 Å². The van der Waals surface area contributed by atoms with Gasteiger partial charge in [0.15, 0.2) is 5.78 Å². The molecular formula is C27H25F2N3O2. The first-order valence-electron chi connectivity index (χ1n) is 11.5. The molecule has 1 N–H and O–H groups in total. The number of fused-ring (bicyclic) bond motifs is 1. The fourth-order valence-corrected chi connectivity index (χ4v) is 4.60. The summed E-state index contributed by atoms with van der Waals surface area (Å²) in [5.41, 5.74) is 2.87. The number of hydrogen-bond donors (Lipinski definition) is 1. The van der Waals surface area contributed by atoms with Crippen molar-refractivity contribution in [2.75, 3.05) is 39.3 Å². The molecule has 2 aromatic carbocycles. The molecule has 0 saturated carbocycles. The van der Waals surface area contributed by atoms with Crippen LogP contribution in [0.25, 0.3) is 11.1 Å². The third kappa shape index (κ3) is 4.62.